The third-order valence-electron chi connectivity index (χ3n) is 9.07. The maximum atomic E-state index is 12.6. The summed E-state index contributed by atoms with van der Waals surface area (Å²) in [6.45, 7) is 6.07. The van der Waals surface area contributed by atoms with Gasteiger partial charge in [0, 0.05) is 25.3 Å². The smallest absolute Gasteiger partial charge is 0.407 e. The molecule has 1 atom stereocenters. The molecule has 1 aliphatic carbocycles. The van der Waals surface area contributed by atoms with Crippen molar-refractivity contribution in [1.29, 1.82) is 0 Å². The number of amides is 2. The lowest BCUT2D eigenvalue weighted by Gasteiger charge is -2.19. The van der Waals surface area contributed by atoms with E-state index >= 15 is 0 Å². The Balaban J connectivity index is 1.18. The number of alkyl carbamates (subject to hydrolysis) is 1. The molecule has 0 unspecified atom stereocenters. The number of esters is 2. The minimum absolute atomic E-state index is 0.0355. The Hall–Kier alpha value is -3.88. The van der Waals surface area contributed by atoms with Crippen LogP contribution in [0, 0.1) is 0 Å². The number of hydrogen-bond donors (Lipinski definition) is 2. The highest BCUT2D eigenvalue weighted by atomic mass is 16.6. The van der Waals surface area contributed by atoms with Gasteiger partial charge in [0.2, 0.25) is 5.91 Å². The molecule has 276 valence electrons. The zero-order valence-electron chi connectivity index (χ0n) is 30.9. The first-order valence-electron chi connectivity index (χ1n) is 18.8. The summed E-state index contributed by atoms with van der Waals surface area (Å²) in [5.74, 6) is -0.855. The molecule has 3 rings (SSSR count). The minimum atomic E-state index is -0.835. The van der Waals surface area contributed by atoms with Crippen molar-refractivity contribution in [1.82, 2.24) is 10.6 Å². The zero-order chi connectivity index (χ0) is 36.2. The third-order valence-corrected chi connectivity index (χ3v) is 9.07. The molecule has 2 N–H and O–H groups in total. The van der Waals surface area contributed by atoms with Gasteiger partial charge >= 0.3 is 18.0 Å². The maximum absolute atomic E-state index is 12.6. The predicted molar refractivity (Wildman–Crippen MR) is 197 cm³/mol. The summed E-state index contributed by atoms with van der Waals surface area (Å²) >= 11 is 0. The van der Waals surface area contributed by atoms with E-state index in [1.54, 1.807) is 0 Å². The van der Waals surface area contributed by atoms with Crippen molar-refractivity contribution >= 4 is 23.9 Å². The first-order valence-corrected chi connectivity index (χ1v) is 18.8. The van der Waals surface area contributed by atoms with Crippen LogP contribution in [0.25, 0.3) is 11.1 Å². The molecule has 0 saturated heterocycles. The monoisotopic (exact) mass is 692 g/mol. The van der Waals surface area contributed by atoms with Crippen LogP contribution in [-0.4, -0.2) is 55.8 Å². The van der Waals surface area contributed by atoms with E-state index in [0.717, 1.165) is 54.4 Å². The van der Waals surface area contributed by atoms with E-state index < -0.39 is 23.7 Å². The first kappa shape index (κ1) is 40.5. The molecule has 2 aromatic rings. The van der Waals surface area contributed by atoms with E-state index in [2.05, 4.69) is 34.9 Å². The Morgan fingerprint density at radius 1 is 0.700 bits per heavy atom. The highest BCUT2D eigenvalue weighted by Gasteiger charge is 2.29. The van der Waals surface area contributed by atoms with Crippen molar-refractivity contribution < 1.29 is 33.4 Å². The van der Waals surface area contributed by atoms with Crippen molar-refractivity contribution in [2.45, 2.75) is 141 Å². The van der Waals surface area contributed by atoms with Crippen LogP contribution >= 0.6 is 0 Å². The van der Waals surface area contributed by atoms with Gasteiger partial charge in [-0.3, -0.25) is 9.59 Å². The van der Waals surface area contributed by atoms with Crippen LogP contribution in [0.15, 0.2) is 48.5 Å². The summed E-state index contributed by atoms with van der Waals surface area (Å²) < 4.78 is 15.8. The summed E-state index contributed by atoms with van der Waals surface area (Å²) in [6.07, 6.45) is 15.1. The second-order valence-electron chi connectivity index (χ2n) is 14.4. The fourth-order valence-corrected chi connectivity index (χ4v) is 6.52. The topological polar surface area (TPSA) is 120 Å². The quantitative estimate of drug-likeness (QED) is 0.0679. The summed E-state index contributed by atoms with van der Waals surface area (Å²) in [6, 6.07) is 15.5. The molecule has 0 saturated carbocycles. The Bertz CT molecular complexity index is 1310. The molecule has 2 aromatic carbocycles. The Labute approximate surface area is 299 Å². The summed E-state index contributed by atoms with van der Waals surface area (Å²) in [4.78, 5) is 49.2. The molecule has 0 fully saturated rings. The van der Waals surface area contributed by atoms with Gasteiger partial charge in [0.05, 0.1) is 7.11 Å². The van der Waals surface area contributed by atoms with Gasteiger partial charge in [0.1, 0.15) is 18.2 Å². The van der Waals surface area contributed by atoms with Gasteiger partial charge in [-0.1, -0.05) is 119 Å². The minimum Gasteiger partial charge on any atom is -0.467 e. The molecule has 0 aromatic heterocycles. The van der Waals surface area contributed by atoms with Crippen LogP contribution < -0.4 is 10.6 Å². The number of methoxy groups -OCH3 is 1. The molecule has 9 heteroatoms. The molecule has 2 amide bonds. The molecule has 0 spiro atoms. The Morgan fingerprint density at radius 2 is 1.18 bits per heavy atom. The molecule has 9 nitrogen and oxygen atoms in total. The molecule has 0 heterocycles. The first-order chi connectivity index (χ1) is 24.1. The van der Waals surface area contributed by atoms with Crippen LogP contribution in [0.3, 0.4) is 0 Å². The number of carbonyl (C=O) groups is 4. The molecule has 1 aliphatic rings. The number of ether oxygens (including phenoxy) is 3. The Kier molecular flexibility index (Phi) is 17.9. The number of hydrogen-bond acceptors (Lipinski definition) is 7. The largest absolute Gasteiger partial charge is 0.467 e. The van der Waals surface area contributed by atoms with E-state index in [0.29, 0.717) is 12.8 Å². The van der Waals surface area contributed by atoms with Gasteiger partial charge in [-0.2, -0.15) is 0 Å². The zero-order valence-corrected chi connectivity index (χ0v) is 30.9. The molecule has 0 radical (unpaired) electrons. The Morgan fingerprint density at radius 3 is 1.68 bits per heavy atom. The van der Waals surface area contributed by atoms with Crippen molar-refractivity contribution in [3.05, 3.63) is 59.7 Å². The van der Waals surface area contributed by atoms with E-state index in [9.17, 15) is 19.2 Å². The van der Waals surface area contributed by atoms with Crippen LogP contribution in [0.1, 0.15) is 141 Å². The van der Waals surface area contributed by atoms with E-state index in [1.165, 1.54) is 58.5 Å². The van der Waals surface area contributed by atoms with Gasteiger partial charge in [-0.25, -0.2) is 9.59 Å². The molecule has 0 aliphatic heterocycles. The fourth-order valence-electron chi connectivity index (χ4n) is 6.52. The number of nitrogens with one attached hydrogen (secondary N) is 2. The lowest BCUT2D eigenvalue weighted by atomic mass is 9.98. The van der Waals surface area contributed by atoms with E-state index in [4.69, 9.17) is 14.2 Å². The van der Waals surface area contributed by atoms with Gasteiger partial charge in [-0.15, -0.1) is 0 Å². The summed E-state index contributed by atoms with van der Waals surface area (Å²) in [5.41, 5.74) is 4.20. The third kappa shape index (κ3) is 14.9. The fraction of sp³-hybridized carbons (Fsp3) is 0.610. The lowest BCUT2D eigenvalue weighted by molar-refractivity contribution is -0.155. The standard InChI is InChI=1S/C41H60N2O7/c1-41(2,3)50-38(45)27-17-15-13-11-9-7-5-6-8-10-12-14-16-26-37(44)43-36(39(46)48-4)28-29-42-40(47)49-30-35-33-24-20-18-22-31(33)32-23-19-21-25-34(32)35/h18-25,35-36H,5-17,26-30H2,1-4H3,(H,42,47)(H,43,44)/t36-/m0/s1. The molecule has 50 heavy (non-hydrogen) atoms. The summed E-state index contributed by atoms with van der Waals surface area (Å²) in [5, 5.41) is 5.48. The van der Waals surface area contributed by atoms with Gasteiger partial charge in [0.25, 0.3) is 0 Å². The molecular weight excluding hydrogens is 632 g/mol. The number of benzene rings is 2. The van der Waals surface area contributed by atoms with Crippen molar-refractivity contribution in [2.24, 2.45) is 0 Å². The normalized spacial score (nSPS) is 12.8. The second kappa shape index (κ2) is 22.0. The number of fused-ring (bicyclic) bond motifs is 3. The second-order valence-corrected chi connectivity index (χ2v) is 14.4. The number of carbonyl (C=O) groups excluding carboxylic acids is 4. The van der Waals surface area contributed by atoms with Crippen LogP contribution in [0.2, 0.25) is 0 Å². The van der Waals surface area contributed by atoms with E-state index in [1.807, 2.05) is 45.0 Å². The van der Waals surface area contributed by atoms with Crippen LogP contribution in [0.5, 0.6) is 0 Å². The average Bonchev–Trinajstić information content (AvgIpc) is 3.40. The maximum Gasteiger partial charge on any atom is 0.407 e. The van der Waals surface area contributed by atoms with Crippen molar-refractivity contribution in [2.75, 3.05) is 20.3 Å². The predicted octanol–water partition coefficient (Wildman–Crippen LogP) is 8.77. The molecule has 0 bridgehead atoms. The van der Waals surface area contributed by atoms with Gasteiger partial charge < -0.3 is 24.8 Å². The highest BCUT2D eigenvalue weighted by molar-refractivity contribution is 5.84. The van der Waals surface area contributed by atoms with Crippen LogP contribution in [-0.2, 0) is 28.6 Å². The van der Waals surface area contributed by atoms with Crippen molar-refractivity contribution in [3.63, 3.8) is 0 Å². The number of rotatable bonds is 23. The highest BCUT2D eigenvalue weighted by Crippen LogP contribution is 2.44. The van der Waals surface area contributed by atoms with Crippen molar-refractivity contribution in [3.8, 4) is 11.1 Å². The summed E-state index contributed by atoms with van der Waals surface area (Å²) in [7, 11) is 1.29. The lowest BCUT2D eigenvalue weighted by Crippen LogP contribution is -2.43. The van der Waals surface area contributed by atoms with E-state index in [-0.39, 0.29) is 37.4 Å². The van der Waals surface area contributed by atoms with Gasteiger partial charge in [0.15, 0.2) is 0 Å². The number of unbranched alkanes of at least 4 members (excludes halogenated alkanes) is 12. The van der Waals surface area contributed by atoms with Gasteiger partial charge in [-0.05, 0) is 62.3 Å². The SMILES string of the molecule is COC(=O)[C@H](CCNC(=O)OCC1c2ccccc2-c2ccccc21)NC(=O)CCCCCCCCCCCCCCCC(=O)OC(C)(C)C. The van der Waals surface area contributed by atoms with Crippen LogP contribution in [0.4, 0.5) is 4.79 Å². The molecular formula is C41H60N2O7. The average molecular weight is 693 g/mol.